The third-order valence-corrected chi connectivity index (χ3v) is 25.5. The minimum atomic E-state index is -2.28. The SMILES string of the molecule is [2H]C(C)(C)N1C=CN(c2c(C)ccc3c2oc2ccccc23)C1C.[2H]C(C)(C)N1C=CN(c2c(C)ccc3c2oc2ccccc23)C1C.[2H]C(C)(C)N1c2ccccc2N(c2c(C)ccc3c2oc2ccccc23)C1C.[2H]C(C)(C)N1c2ccccc2N(c2c(C)ccc3c2oc2ccccc23)C1C.[2H]C([2H])([2H])N1c2cccnc2N(c2c(C)ccc3c2oc2ccccc23)C1C. The molecule has 0 saturated carbocycles. The lowest BCUT2D eigenvalue weighted by Crippen LogP contribution is -2.42. The summed E-state index contributed by atoms with van der Waals surface area (Å²) in [5.74, 6) is 0.627. The molecule has 0 saturated heterocycles. The molecule has 125 heavy (non-hydrogen) atoms. The summed E-state index contributed by atoms with van der Waals surface area (Å²) in [5.41, 5.74) is 24.7. The fourth-order valence-electron chi connectivity index (χ4n) is 19.7. The maximum Gasteiger partial charge on any atom is 0.159 e. The van der Waals surface area contributed by atoms with Crippen molar-refractivity contribution < 1.29 is 31.7 Å². The number of hydrogen-bond donors (Lipinski definition) is 0. The Hall–Kier alpha value is -13.7. The van der Waals surface area contributed by atoms with Gasteiger partial charge in [0.1, 0.15) is 58.7 Å². The number of hydrogen-bond acceptors (Lipinski definition) is 16. The molecule has 18 aromatic rings. The smallest absolute Gasteiger partial charge is 0.159 e. The Kier molecular flexibility index (Phi) is 18.8. The van der Waals surface area contributed by atoms with Crippen molar-refractivity contribution in [2.75, 3.05) is 46.2 Å². The first-order valence-electron chi connectivity index (χ1n) is 46.8. The summed E-state index contributed by atoms with van der Waals surface area (Å²) in [6, 6.07) is 79.4. The van der Waals surface area contributed by atoms with Crippen LogP contribution in [0.15, 0.2) is 296 Å². The largest absolute Gasteiger partial charge is 0.454 e. The van der Waals surface area contributed by atoms with E-state index in [4.69, 9.17) is 31.7 Å². The molecule has 5 aliphatic rings. The van der Waals surface area contributed by atoms with Crippen LogP contribution in [0, 0.1) is 34.6 Å². The molecule has 11 heterocycles. The van der Waals surface area contributed by atoms with E-state index in [9.17, 15) is 0 Å². The van der Waals surface area contributed by atoms with Gasteiger partial charge in [0.25, 0.3) is 0 Å². The molecule has 0 amide bonds. The molecule has 0 bridgehead atoms. The molecular weight excluding hydrogens is 1540 g/mol. The van der Waals surface area contributed by atoms with E-state index in [2.05, 4.69) is 230 Å². The van der Waals surface area contributed by atoms with Crippen LogP contribution >= 0.6 is 0 Å². The van der Waals surface area contributed by atoms with Gasteiger partial charge in [-0.05, 0) is 219 Å². The number of nitrogens with zero attached hydrogens (tertiary/aromatic N) is 11. The highest BCUT2D eigenvalue weighted by atomic mass is 16.3. The number of fused-ring (bicyclic) bond motifs is 18. The first kappa shape index (κ1) is 72.9. The van der Waals surface area contributed by atoms with E-state index in [0.717, 1.165) is 178 Å². The second-order valence-electron chi connectivity index (χ2n) is 34.2. The zero-order valence-corrected chi connectivity index (χ0v) is 74.3. The molecular formula is C109H111N11O5. The third kappa shape index (κ3) is 13.5. The Morgan fingerprint density at radius 3 is 0.864 bits per heavy atom. The summed E-state index contributed by atoms with van der Waals surface area (Å²) >= 11 is 0. The van der Waals surface area contributed by atoms with Gasteiger partial charge in [0.05, 0.1) is 62.4 Å². The number of pyridine rings is 1. The van der Waals surface area contributed by atoms with Crippen LogP contribution in [0.5, 0.6) is 0 Å². The van der Waals surface area contributed by atoms with E-state index in [1.54, 1.807) is 18.3 Å². The van der Waals surface area contributed by atoms with Crippen LogP contribution in [0.2, 0.25) is 0 Å². The van der Waals surface area contributed by atoms with Gasteiger partial charge in [0.2, 0.25) is 0 Å². The van der Waals surface area contributed by atoms with E-state index < -0.39 is 37.2 Å². The van der Waals surface area contributed by atoms with E-state index in [-0.39, 0.29) is 24.7 Å². The molecule has 16 heteroatoms. The summed E-state index contributed by atoms with van der Waals surface area (Å²) in [7, 11) is 0. The number of aryl methyl sites for hydroxylation is 5. The fourth-order valence-corrected chi connectivity index (χ4v) is 19.7. The molecule has 632 valence electrons. The zero-order valence-electron chi connectivity index (χ0n) is 81.3. The van der Waals surface area contributed by atoms with E-state index in [1.165, 1.54) is 16.0 Å². The van der Waals surface area contributed by atoms with Gasteiger partial charge in [0.15, 0.2) is 33.7 Å². The first-order valence-corrected chi connectivity index (χ1v) is 43.3. The number of aromatic nitrogens is 1. The van der Waals surface area contributed by atoms with Gasteiger partial charge in [-0.3, -0.25) is 0 Å². The first-order chi connectivity index (χ1) is 62.9. The van der Waals surface area contributed by atoms with Crippen molar-refractivity contribution in [3.05, 3.63) is 301 Å². The van der Waals surface area contributed by atoms with E-state index >= 15 is 0 Å². The lowest BCUT2D eigenvalue weighted by Gasteiger charge is -2.33. The summed E-state index contributed by atoms with van der Waals surface area (Å²) in [6.45, 7) is 34.1. The van der Waals surface area contributed by atoms with E-state index in [0.29, 0.717) is 11.5 Å². The van der Waals surface area contributed by atoms with Crippen molar-refractivity contribution in [2.24, 2.45) is 0 Å². The molecule has 0 spiro atoms. The van der Waals surface area contributed by atoms with E-state index in [1.807, 2.05) is 199 Å². The standard InChI is InChI=1S/2C24H24N2O.C21H19N3O.2C20H22N2O/c2*1-15(2)25-17(4)26(21-11-7-6-10-20(21)25)23-16(3)13-14-19-18-9-5-8-12-22(18)27-24(19)23;1-13-10-11-16-15-7-4-5-9-18(15)25-20(16)19(13)24-14(2)23(3)17-8-6-12-22-21(17)24;2*1-13(2)21-11-12-22(15(21)4)19-14(3)9-10-17-16-7-5-6-8-18(16)23-20(17)19/h2*5-15,17H,1-4H3;4-12,14H,1-3H3;2*5-13,15H,1-4H3/i2*15D;3D3;2*13D. The third-order valence-electron chi connectivity index (χ3n) is 25.5. The molecule has 0 fully saturated rings. The van der Waals surface area contributed by atoms with Crippen molar-refractivity contribution in [3.63, 3.8) is 0 Å². The highest BCUT2D eigenvalue weighted by Crippen LogP contribution is 2.54. The van der Waals surface area contributed by atoms with Crippen LogP contribution in [-0.4, -0.2) is 76.7 Å². The van der Waals surface area contributed by atoms with Crippen molar-refractivity contribution in [1.29, 1.82) is 0 Å². The van der Waals surface area contributed by atoms with Gasteiger partial charge in [-0.1, -0.05) is 176 Å². The van der Waals surface area contributed by atoms with Crippen molar-refractivity contribution in [1.82, 2.24) is 14.8 Å². The molecule has 0 N–H and O–H groups in total. The molecule has 5 unspecified atom stereocenters. The predicted molar refractivity (Wildman–Crippen MR) is 524 cm³/mol. The Labute approximate surface area is 742 Å². The summed E-state index contributed by atoms with van der Waals surface area (Å²) < 4.78 is 89.6. The molecule has 0 aliphatic carbocycles. The highest BCUT2D eigenvalue weighted by molar-refractivity contribution is 6.15. The number of furan rings is 5. The van der Waals surface area contributed by atoms with Gasteiger partial charge in [-0.25, -0.2) is 4.98 Å². The summed E-state index contributed by atoms with van der Waals surface area (Å²) in [6.07, 6.45) is 9.49. The highest BCUT2D eigenvalue weighted by Gasteiger charge is 2.41. The van der Waals surface area contributed by atoms with Crippen molar-refractivity contribution in [3.8, 4) is 0 Å². The minimum Gasteiger partial charge on any atom is -0.454 e. The average Bonchev–Trinajstić information content (AvgIpc) is 1.57. The van der Waals surface area contributed by atoms with Gasteiger partial charge in [-0.2, -0.15) is 0 Å². The van der Waals surface area contributed by atoms with Crippen LogP contribution in [0.1, 0.15) is 127 Å². The van der Waals surface area contributed by atoms with Gasteiger partial charge in [-0.15, -0.1) is 0 Å². The second-order valence-corrected chi connectivity index (χ2v) is 34.2. The number of anilines is 11. The normalized spacial score (nSPS) is 18.5. The van der Waals surface area contributed by atoms with Crippen LogP contribution in [-0.2, 0) is 0 Å². The Bertz CT molecular complexity index is 6970. The van der Waals surface area contributed by atoms with Gasteiger partial charge < -0.3 is 71.1 Å². The quantitative estimate of drug-likeness (QED) is 0.137. The van der Waals surface area contributed by atoms with Gasteiger partial charge >= 0.3 is 0 Å². The summed E-state index contributed by atoms with van der Waals surface area (Å²) in [5, 5.41) is 11.1. The van der Waals surface area contributed by atoms with Crippen LogP contribution in [0.3, 0.4) is 0 Å². The average molecular weight is 1660 g/mol. The lowest BCUT2D eigenvalue weighted by atomic mass is 10.1. The summed E-state index contributed by atoms with van der Waals surface area (Å²) in [4.78, 5) is 25.4. The molecule has 6 aromatic heterocycles. The maximum absolute atomic E-state index is 8.72. The molecule has 5 aliphatic heterocycles. The Morgan fingerprint density at radius 2 is 0.560 bits per heavy atom. The molecule has 23 rings (SSSR count). The Balaban J connectivity index is 0.000000107. The van der Waals surface area contributed by atoms with Crippen molar-refractivity contribution >= 4 is 172 Å². The zero-order chi connectivity index (χ0) is 93.0. The Morgan fingerprint density at radius 1 is 0.280 bits per heavy atom. The second kappa shape index (κ2) is 32.2. The molecule has 12 aromatic carbocycles. The monoisotopic (exact) mass is 1660 g/mol. The van der Waals surface area contributed by atoms with Crippen LogP contribution < -0.4 is 39.2 Å². The molecule has 5 atom stereocenters. The lowest BCUT2D eigenvalue weighted by molar-refractivity contribution is 0.263. The van der Waals surface area contributed by atoms with Crippen LogP contribution in [0.25, 0.3) is 110 Å². The van der Waals surface area contributed by atoms with Gasteiger partial charge in [0, 0.05) is 120 Å². The van der Waals surface area contributed by atoms with Crippen LogP contribution in [0.4, 0.5) is 62.7 Å². The maximum atomic E-state index is 8.72. The van der Waals surface area contributed by atoms with Crippen molar-refractivity contribution in [2.45, 2.75) is 180 Å². The molecule has 16 nitrogen and oxygen atoms in total. The number of rotatable bonds is 9. The number of benzene rings is 12. The topological polar surface area (TPSA) is 111 Å². The number of para-hydroxylation sites is 9. The molecule has 0 radical (unpaired) electrons. The fraction of sp³-hybridized carbons (Fsp3) is 0.257. The minimum absolute atomic E-state index is 0.00223. The predicted octanol–water partition coefficient (Wildman–Crippen LogP) is 28.9.